The van der Waals surface area contributed by atoms with Gasteiger partial charge in [0.25, 0.3) is 5.91 Å². The standard InChI is InChI=1S/C26H29N7O/c27-14-17-10-11-19(20(13-17)26(34)32-28)15-33(16-24-30-21-7-1-2-8-22(21)31-24)23-9-3-5-18-6-4-12-29-25(18)23/h1-2,4,6-8,10-13,23H,3,5,9,14-16,27-28H2,(H,30,31)(H,32,34). The number of nitrogen functional groups attached to an aromatic ring is 1. The van der Waals surface area contributed by atoms with Crippen LogP contribution in [0.5, 0.6) is 0 Å². The van der Waals surface area contributed by atoms with E-state index in [0.29, 0.717) is 25.2 Å². The van der Waals surface area contributed by atoms with Crippen LogP contribution >= 0.6 is 0 Å². The SMILES string of the molecule is NCc1ccc(CN(Cc2nc3ccccc3[nH]2)C2CCCc3cccnc32)c(C(=O)NN)c1. The summed E-state index contributed by atoms with van der Waals surface area (Å²) in [7, 11) is 0. The highest BCUT2D eigenvalue weighted by molar-refractivity contribution is 5.95. The second kappa shape index (κ2) is 9.72. The summed E-state index contributed by atoms with van der Waals surface area (Å²) in [5.41, 5.74) is 14.8. The number of fused-ring (bicyclic) bond motifs is 2. The molecule has 34 heavy (non-hydrogen) atoms. The van der Waals surface area contributed by atoms with Crippen LogP contribution < -0.4 is 17.0 Å². The van der Waals surface area contributed by atoms with E-state index in [4.69, 9.17) is 21.5 Å². The number of hydrogen-bond acceptors (Lipinski definition) is 6. The van der Waals surface area contributed by atoms with Gasteiger partial charge < -0.3 is 10.7 Å². The Labute approximate surface area is 198 Å². The highest BCUT2D eigenvalue weighted by atomic mass is 16.2. The number of H-pyrrole nitrogens is 1. The fourth-order valence-corrected chi connectivity index (χ4v) is 4.89. The van der Waals surface area contributed by atoms with Crippen LogP contribution in [0.2, 0.25) is 0 Å². The van der Waals surface area contributed by atoms with Crippen molar-refractivity contribution < 1.29 is 4.79 Å². The number of rotatable bonds is 7. The van der Waals surface area contributed by atoms with Crippen molar-refractivity contribution in [2.75, 3.05) is 0 Å². The molecule has 0 radical (unpaired) electrons. The van der Waals surface area contributed by atoms with E-state index in [1.54, 1.807) is 0 Å². The smallest absolute Gasteiger partial charge is 0.265 e. The number of para-hydroxylation sites is 2. The lowest BCUT2D eigenvalue weighted by Crippen LogP contribution is -2.34. The van der Waals surface area contributed by atoms with Crippen molar-refractivity contribution >= 4 is 16.9 Å². The van der Waals surface area contributed by atoms with E-state index in [0.717, 1.165) is 52.9 Å². The molecule has 0 fully saturated rings. The Morgan fingerprint density at radius 1 is 1.15 bits per heavy atom. The lowest BCUT2D eigenvalue weighted by molar-refractivity contribution is 0.0949. The Morgan fingerprint density at radius 3 is 2.85 bits per heavy atom. The van der Waals surface area contributed by atoms with Crippen LogP contribution in [0.4, 0.5) is 0 Å². The maximum Gasteiger partial charge on any atom is 0.265 e. The van der Waals surface area contributed by atoms with Crippen LogP contribution in [0.15, 0.2) is 60.8 Å². The summed E-state index contributed by atoms with van der Waals surface area (Å²) in [6.45, 7) is 1.50. The van der Waals surface area contributed by atoms with E-state index >= 15 is 0 Å². The number of aromatic amines is 1. The predicted octanol–water partition coefficient (Wildman–Crippen LogP) is 3.10. The average Bonchev–Trinajstić information content (AvgIpc) is 3.30. The molecule has 0 bridgehead atoms. The number of hydrazine groups is 1. The first kappa shape index (κ1) is 22.2. The summed E-state index contributed by atoms with van der Waals surface area (Å²) in [5.74, 6) is 6.06. The molecule has 2 aromatic heterocycles. The van der Waals surface area contributed by atoms with E-state index in [9.17, 15) is 4.79 Å². The van der Waals surface area contributed by atoms with Crippen LogP contribution in [-0.2, 0) is 26.1 Å². The summed E-state index contributed by atoms with van der Waals surface area (Å²) in [6, 6.07) is 18.1. The van der Waals surface area contributed by atoms with Gasteiger partial charge in [-0.15, -0.1) is 0 Å². The minimum absolute atomic E-state index is 0.112. The maximum absolute atomic E-state index is 12.6. The number of benzene rings is 2. The molecular formula is C26H29N7O. The highest BCUT2D eigenvalue weighted by Gasteiger charge is 2.29. The third-order valence-electron chi connectivity index (χ3n) is 6.56. The normalized spacial score (nSPS) is 15.4. The van der Waals surface area contributed by atoms with Crippen LogP contribution in [0.3, 0.4) is 0 Å². The van der Waals surface area contributed by atoms with Crippen LogP contribution in [0.1, 0.15) is 57.5 Å². The Balaban J connectivity index is 1.54. The Kier molecular flexibility index (Phi) is 6.35. The van der Waals surface area contributed by atoms with Gasteiger partial charge in [0.05, 0.1) is 29.3 Å². The predicted molar refractivity (Wildman–Crippen MR) is 131 cm³/mol. The topological polar surface area (TPSA) is 126 Å². The van der Waals surface area contributed by atoms with E-state index in [2.05, 4.69) is 21.4 Å². The molecule has 2 heterocycles. The molecule has 1 unspecified atom stereocenters. The van der Waals surface area contributed by atoms with Gasteiger partial charge in [-0.25, -0.2) is 10.8 Å². The molecule has 0 spiro atoms. The van der Waals surface area contributed by atoms with Gasteiger partial charge in [0.2, 0.25) is 0 Å². The maximum atomic E-state index is 12.6. The number of carbonyl (C=O) groups excluding carboxylic acids is 1. The molecule has 1 amide bonds. The zero-order chi connectivity index (χ0) is 23.5. The monoisotopic (exact) mass is 455 g/mol. The second-order valence-electron chi connectivity index (χ2n) is 8.73. The van der Waals surface area contributed by atoms with Crippen molar-refractivity contribution in [3.8, 4) is 0 Å². The van der Waals surface area contributed by atoms with E-state index in [-0.39, 0.29) is 11.9 Å². The Morgan fingerprint density at radius 2 is 2.03 bits per heavy atom. The van der Waals surface area contributed by atoms with Crippen molar-refractivity contribution in [1.82, 2.24) is 25.3 Å². The van der Waals surface area contributed by atoms with Crippen LogP contribution in [-0.4, -0.2) is 25.8 Å². The van der Waals surface area contributed by atoms with Crippen molar-refractivity contribution in [2.45, 2.75) is 44.9 Å². The first-order valence-electron chi connectivity index (χ1n) is 11.6. The fourth-order valence-electron chi connectivity index (χ4n) is 4.89. The lowest BCUT2D eigenvalue weighted by Gasteiger charge is -2.35. The van der Waals surface area contributed by atoms with E-state index < -0.39 is 0 Å². The van der Waals surface area contributed by atoms with Crippen molar-refractivity contribution in [3.63, 3.8) is 0 Å². The van der Waals surface area contributed by atoms with Crippen LogP contribution in [0.25, 0.3) is 11.0 Å². The van der Waals surface area contributed by atoms with Crippen molar-refractivity contribution in [2.24, 2.45) is 11.6 Å². The zero-order valence-electron chi connectivity index (χ0n) is 19.0. The average molecular weight is 456 g/mol. The summed E-state index contributed by atoms with van der Waals surface area (Å²) in [6.07, 6.45) is 4.97. The summed E-state index contributed by atoms with van der Waals surface area (Å²) < 4.78 is 0. The molecule has 0 saturated heterocycles. The molecule has 8 nitrogen and oxygen atoms in total. The van der Waals surface area contributed by atoms with Gasteiger partial charge in [-0.1, -0.05) is 30.3 Å². The lowest BCUT2D eigenvalue weighted by atomic mass is 9.90. The minimum Gasteiger partial charge on any atom is -0.341 e. The minimum atomic E-state index is -0.323. The van der Waals surface area contributed by atoms with Gasteiger partial charge in [0, 0.05) is 24.8 Å². The summed E-state index contributed by atoms with van der Waals surface area (Å²) in [5, 5.41) is 0. The number of aryl methyl sites for hydroxylation is 1. The third kappa shape index (κ3) is 4.43. The number of hydrogen-bond donors (Lipinski definition) is 4. The molecular weight excluding hydrogens is 426 g/mol. The molecule has 1 aliphatic rings. The van der Waals surface area contributed by atoms with Crippen LogP contribution in [0, 0.1) is 0 Å². The Bertz CT molecular complexity index is 1280. The molecule has 0 aliphatic heterocycles. The fraction of sp³-hybridized carbons (Fsp3) is 0.269. The first-order valence-corrected chi connectivity index (χ1v) is 11.6. The van der Waals surface area contributed by atoms with Gasteiger partial charge in [0.1, 0.15) is 5.82 Å². The number of nitrogens with zero attached hydrogens (tertiary/aromatic N) is 3. The number of aromatic nitrogens is 3. The number of pyridine rings is 1. The van der Waals surface area contributed by atoms with Gasteiger partial charge >= 0.3 is 0 Å². The Hall–Kier alpha value is -3.59. The number of imidazole rings is 1. The summed E-state index contributed by atoms with van der Waals surface area (Å²) >= 11 is 0. The zero-order valence-corrected chi connectivity index (χ0v) is 19.0. The molecule has 6 N–H and O–H groups in total. The molecule has 174 valence electrons. The second-order valence-corrected chi connectivity index (χ2v) is 8.73. The van der Waals surface area contributed by atoms with Gasteiger partial charge in [-0.2, -0.15) is 0 Å². The molecule has 2 aromatic carbocycles. The number of nitrogens with one attached hydrogen (secondary N) is 2. The molecule has 5 rings (SSSR count). The largest absolute Gasteiger partial charge is 0.341 e. The molecule has 8 heteroatoms. The van der Waals surface area contributed by atoms with Gasteiger partial charge in [0.15, 0.2) is 0 Å². The first-order chi connectivity index (χ1) is 16.7. The molecule has 0 saturated carbocycles. The van der Waals surface area contributed by atoms with E-state index in [1.165, 1.54) is 5.56 Å². The van der Waals surface area contributed by atoms with E-state index in [1.807, 2.05) is 54.7 Å². The number of nitrogens with two attached hydrogens (primary N) is 2. The van der Waals surface area contributed by atoms with Crippen molar-refractivity contribution in [1.29, 1.82) is 0 Å². The molecule has 4 aromatic rings. The third-order valence-corrected chi connectivity index (χ3v) is 6.56. The number of carbonyl (C=O) groups is 1. The highest BCUT2D eigenvalue weighted by Crippen LogP contribution is 2.35. The molecule has 1 atom stereocenters. The van der Waals surface area contributed by atoms with Gasteiger partial charge in [-0.3, -0.25) is 20.1 Å². The summed E-state index contributed by atoms with van der Waals surface area (Å²) in [4.78, 5) is 28.0. The van der Waals surface area contributed by atoms with Crippen molar-refractivity contribution in [3.05, 3.63) is 94.6 Å². The number of amides is 1. The quantitative estimate of drug-likeness (QED) is 0.193. The van der Waals surface area contributed by atoms with Gasteiger partial charge in [-0.05, 0) is 60.2 Å². The molecule has 1 aliphatic carbocycles.